The highest BCUT2D eigenvalue weighted by Gasteiger charge is 2.35. The fourth-order valence-electron chi connectivity index (χ4n) is 7.35. The van der Waals surface area contributed by atoms with Crippen LogP contribution in [0.2, 0.25) is 0 Å². The van der Waals surface area contributed by atoms with E-state index in [2.05, 4.69) is 104 Å². The van der Waals surface area contributed by atoms with Crippen molar-refractivity contribution in [3.05, 3.63) is 138 Å². The number of hydrogen-bond donors (Lipinski definition) is 0. The van der Waals surface area contributed by atoms with Gasteiger partial charge in [-0.15, -0.1) is 0 Å². The second-order valence-electron chi connectivity index (χ2n) is 15.3. The number of hydrogen-bond acceptors (Lipinski definition) is 1. The molecule has 0 unspecified atom stereocenters. The molecule has 250 valence electrons. The molecule has 6 heteroatoms. The van der Waals surface area contributed by atoms with E-state index in [1.165, 1.54) is 17.2 Å². The Kier molecular flexibility index (Phi) is 7.06. The predicted octanol–water partition coefficient (Wildman–Crippen LogP) is 12.6. The lowest BCUT2D eigenvalue weighted by Crippen LogP contribution is -2.11. The van der Waals surface area contributed by atoms with Crippen LogP contribution >= 0.6 is 0 Å². The Hall–Kier alpha value is -5.36. The smallest absolute Gasteiger partial charge is 0.309 e. The maximum absolute atomic E-state index is 15.0. The standard InChI is InChI=1S/C44H38F3N3/c1-42(2,3)27-15-19-39-33(23-27)30-11-7-9-13-37(30)49(39)29-17-18-36(44(45,46)47)32(25-29)35-26-48-22-21-41(35)50-38-14-10-8-12-31(38)34-24-28(43(4,5)6)16-20-40(34)50/h7-26H,1-6H3. The Morgan fingerprint density at radius 1 is 0.500 bits per heavy atom. The minimum absolute atomic E-state index is 0.0588. The van der Waals surface area contributed by atoms with Crippen molar-refractivity contribution >= 4 is 43.6 Å². The van der Waals surface area contributed by atoms with Crippen LogP contribution in [-0.4, -0.2) is 14.1 Å². The molecular weight excluding hydrogens is 627 g/mol. The lowest BCUT2D eigenvalue weighted by molar-refractivity contribution is -0.137. The van der Waals surface area contributed by atoms with E-state index in [-0.39, 0.29) is 16.4 Å². The summed E-state index contributed by atoms with van der Waals surface area (Å²) in [5.41, 5.74) is 7.03. The van der Waals surface area contributed by atoms with Gasteiger partial charge in [0.1, 0.15) is 0 Å². The third-order valence-electron chi connectivity index (χ3n) is 9.97. The molecule has 0 radical (unpaired) electrons. The summed E-state index contributed by atoms with van der Waals surface area (Å²) in [7, 11) is 0. The SMILES string of the molecule is CC(C)(C)c1ccc2c(c1)c1ccccc1n2-c1ccc(C(F)(F)F)c(-c2cnccc2-n2c3ccccc3c3cc(C(C)(C)C)ccc32)c1. The van der Waals surface area contributed by atoms with Crippen LogP contribution < -0.4 is 0 Å². The summed E-state index contributed by atoms with van der Waals surface area (Å²) in [6.07, 6.45) is -1.37. The molecule has 0 bridgehead atoms. The van der Waals surface area contributed by atoms with Crippen LogP contribution in [0.15, 0.2) is 122 Å². The van der Waals surface area contributed by atoms with E-state index >= 15 is 0 Å². The highest BCUT2D eigenvalue weighted by atomic mass is 19.4. The molecule has 3 aromatic heterocycles. The zero-order valence-corrected chi connectivity index (χ0v) is 29.0. The van der Waals surface area contributed by atoms with E-state index in [4.69, 9.17) is 0 Å². The predicted molar refractivity (Wildman–Crippen MR) is 201 cm³/mol. The first kappa shape index (κ1) is 31.9. The third-order valence-corrected chi connectivity index (χ3v) is 9.97. The number of pyridine rings is 1. The van der Waals surface area contributed by atoms with Crippen molar-refractivity contribution in [2.45, 2.75) is 58.5 Å². The van der Waals surface area contributed by atoms with Crippen molar-refractivity contribution in [2.75, 3.05) is 0 Å². The van der Waals surface area contributed by atoms with Gasteiger partial charge < -0.3 is 9.13 Å². The number of halogens is 3. The van der Waals surface area contributed by atoms with Gasteiger partial charge in [-0.25, -0.2) is 0 Å². The zero-order chi connectivity index (χ0) is 35.2. The minimum Gasteiger partial charge on any atom is -0.309 e. The minimum atomic E-state index is -4.59. The van der Waals surface area contributed by atoms with Crippen LogP contribution in [0.5, 0.6) is 0 Å². The Bertz CT molecular complexity index is 2610. The monoisotopic (exact) mass is 665 g/mol. The van der Waals surface area contributed by atoms with Gasteiger partial charge >= 0.3 is 6.18 Å². The number of para-hydroxylation sites is 2. The third kappa shape index (κ3) is 5.08. The number of fused-ring (bicyclic) bond motifs is 6. The Morgan fingerprint density at radius 2 is 1.02 bits per heavy atom. The van der Waals surface area contributed by atoms with Crippen LogP contribution in [0.3, 0.4) is 0 Å². The van der Waals surface area contributed by atoms with Crippen molar-refractivity contribution in [1.29, 1.82) is 0 Å². The second kappa shape index (κ2) is 11.1. The lowest BCUT2D eigenvalue weighted by atomic mass is 9.86. The van der Waals surface area contributed by atoms with Crippen LogP contribution in [-0.2, 0) is 17.0 Å². The van der Waals surface area contributed by atoms with Crippen LogP contribution in [0.4, 0.5) is 13.2 Å². The summed E-state index contributed by atoms with van der Waals surface area (Å²) in [5, 5.41) is 4.22. The van der Waals surface area contributed by atoms with Gasteiger partial charge in [0.15, 0.2) is 0 Å². The number of nitrogens with zero attached hydrogens (tertiary/aromatic N) is 3. The van der Waals surface area contributed by atoms with E-state index in [0.717, 1.165) is 43.6 Å². The quantitative estimate of drug-likeness (QED) is 0.184. The Balaban J connectivity index is 1.42. The first-order valence-electron chi connectivity index (χ1n) is 17.0. The lowest BCUT2D eigenvalue weighted by Gasteiger charge is -2.20. The molecule has 5 aromatic carbocycles. The van der Waals surface area contributed by atoms with Gasteiger partial charge in [0.2, 0.25) is 0 Å². The summed E-state index contributed by atoms with van der Waals surface area (Å²) in [6.45, 7) is 13.1. The number of rotatable bonds is 3. The summed E-state index contributed by atoms with van der Waals surface area (Å²) < 4.78 is 49.1. The first-order chi connectivity index (χ1) is 23.7. The van der Waals surface area contributed by atoms with Crippen molar-refractivity contribution in [2.24, 2.45) is 0 Å². The van der Waals surface area contributed by atoms with E-state index in [9.17, 15) is 13.2 Å². The molecule has 0 spiro atoms. The molecule has 0 atom stereocenters. The van der Waals surface area contributed by atoms with Crippen molar-refractivity contribution in [3.63, 3.8) is 0 Å². The molecule has 0 N–H and O–H groups in total. The maximum Gasteiger partial charge on any atom is 0.417 e. The number of alkyl halides is 3. The van der Waals surface area contributed by atoms with Gasteiger partial charge in [-0.05, 0) is 88.2 Å². The first-order valence-corrected chi connectivity index (χ1v) is 17.0. The van der Waals surface area contributed by atoms with Gasteiger partial charge in [0.05, 0.1) is 33.3 Å². The molecule has 0 fully saturated rings. The zero-order valence-electron chi connectivity index (χ0n) is 29.0. The average molecular weight is 666 g/mol. The summed E-state index contributed by atoms with van der Waals surface area (Å²) in [4.78, 5) is 4.40. The summed E-state index contributed by atoms with van der Waals surface area (Å²) in [6, 6.07) is 35.3. The van der Waals surface area contributed by atoms with E-state index in [0.29, 0.717) is 16.9 Å². The Morgan fingerprint density at radius 3 is 1.58 bits per heavy atom. The Labute approximate surface area is 289 Å². The van der Waals surface area contributed by atoms with E-state index in [1.54, 1.807) is 24.5 Å². The molecule has 3 nitrogen and oxygen atoms in total. The molecule has 0 aliphatic heterocycles. The number of benzene rings is 5. The van der Waals surface area contributed by atoms with Crippen LogP contribution in [0.1, 0.15) is 58.2 Å². The fraction of sp³-hybridized carbons (Fsp3) is 0.205. The molecule has 50 heavy (non-hydrogen) atoms. The van der Waals surface area contributed by atoms with Crippen molar-refractivity contribution in [3.8, 4) is 22.5 Å². The number of aromatic nitrogens is 3. The van der Waals surface area contributed by atoms with E-state index < -0.39 is 11.7 Å². The van der Waals surface area contributed by atoms with Gasteiger partial charge in [-0.3, -0.25) is 4.98 Å². The van der Waals surface area contributed by atoms with Crippen molar-refractivity contribution in [1.82, 2.24) is 14.1 Å². The molecule has 3 heterocycles. The van der Waals surface area contributed by atoms with Crippen LogP contribution in [0, 0.1) is 0 Å². The van der Waals surface area contributed by atoms with Crippen LogP contribution in [0.25, 0.3) is 66.1 Å². The molecule has 0 saturated heterocycles. The highest BCUT2D eigenvalue weighted by Crippen LogP contribution is 2.44. The molecule has 8 aromatic rings. The molecule has 0 aliphatic rings. The molecular formula is C44H38F3N3. The topological polar surface area (TPSA) is 22.8 Å². The largest absolute Gasteiger partial charge is 0.417 e. The summed E-state index contributed by atoms with van der Waals surface area (Å²) in [5.74, 6) is 0. The molecule has 0 aliphatic carbocycles. The normalized spacial score (nSPS) is 12.9. The van der Waals surface area contributed by atoms with Gasteiger partial charge in [-0.1, -0.05) is 90.1 Å². The molecule has 0 saturated carbocycles. The highest BCUT2D eigenvalue weighted by molar-refractivity contribution is 6.11. The van der Waals surface area contributed by atoms with Crippen molar-refractivity contribution < 1.29 is 13.2 Å². The van der Waals surface area contributed by atoms with Gasteiger partial charge in [-0.2, -0.15) is 13.2 Å². The average Bonchev–Trinajstić information content (AvgIpc) is 3.59. The molecule has 8 rings (SSSR count). The van der Waals surface area contributed by atoms with E-state index in [1.807, 2.05) is 42.5 Å². The second-order valence-corrected chi connectivity index (χ2v) is 15.3. The molecule has 0 amide bonds. The maximum atomic E-state index is 15.0. The van der Waals surface area contributed by atoms with Gasteiger partial charge in [0, 0.05) is 45.2 Å². The summed E-state index contributed by atoms with van der Waals surface area (Å²) >= 11 is 0. The van der Waals surface area contributed by atoms with Gasteiger partial charge in [0.25, 0.3) is 0 Å². The fourth-order valence-corrected chi connectivity index (χ4v) is 7.35.